The number of nitrogens with zero attached hydrogens (tertiary/aromatic N) is 3. The molecule has 0 aliphatic carbocycles. The van der Waals surface area contributed by atoms with Gasteiger partial charge in [0.2, 0.25) is 0 Å². The zero-order valence-corrected chi connectivity index (χ0v) is 8.54. The summed E-state index contributed by atoms with van der Waals surface area (Å²) in [5, 5.41) is 8.76. The first-order valence-electron chi connectivity index (χ1n) is 4.87. The van der Waals surface area contributed by atoms with Gasteiger partial charge in [0.15, 0.2) is 0 Å². The minimum Gasteiger partial charge on any atom is -0.465 e. The number of likely N-dealkylation sites (tertiary alicyclic amines) is 1. The third kappa shape index (κ3) is 2.30. The van der Waals surface area contributed by atoms with Crippen molar-refractivity contribution in [1.82, 2.24) is 14.9 Å². The number of nitrogens with two attached hydrogens (primary N) is 1. The summed E-state index contributed by atoms with van der Waals surface area (Å²) in [7, 11) is 0. The van der Waals surface area contributed by atoms with Crippen molar-refractivity contribution in [2.45, 2.75) is 12.5 Å². The van der Waals surface area contributed by atoms with Crippen molar-refractivity contribution < 1.29 is 14.6 Å². The summed E-state index contributed by atoms with van der Waals surface area (Å²) >= 11 is 0. The Morgan fingerprint density at radius 2 is 2.25 bits per heavy atom. The second kappa shape index (κ2) is 4.21. The largest absolute Gasteiger partial charge is 0.465 e. The van der Waals surface area contributed by atoms with E-state index >= 15 is 0 Å². The van der Waals surface area contributed by atoms with Crippen LogP contribution < -0.4 is 10.5 Å². The van der Waals surface area contributed by atoms with Crippen LogP contribution in [0.25, 0.3) is 0 Å². The summed E-state index contributed by atoms with van der Waals surface area (Å²) in [4.78, 5) is 19.7. The molecular weight excluding hydrogens is 212 g/mol. The molecule has 1 saturated heterocycles. The van der Waals surface area contributed by atoms with Gasteiger partial charge in [0.05, 0.1) is 24.6 Å². The molecule has 2 heterocycles. The normalized spacial score (nSPS) is 19.8. The van der Waals surface area contributed by atoms with Gasteiger partial charge in [-0.2, -0.15) is 0 Å². The third-order valence-corrected chi connectivity index (χ3v) is 2.34. The number of amides is 1. The Balaban J connectivity index is 1.92. The lowest BCUT2D eigenvalue weighted by Gasteiger charge is -2.12. The van der Waals surface area contributed by atoms with Crippen LogP contribution in [0.1, 0.15) is 6.42 Å². The fraction of sp³-hybridized carbons (Fsp3) is 0.444. The Morgan fingerprint density at radius 1 is 1.56 bits per heavy atom. The van der Waals surface area contributed by atoms with Crippen molar-refractivity contribution in [1.29, 1.82) is 0 Å². The van der Waals surface area contributed by atoms with Gasteiger partial charge in [0.1, 0.15) is 6.10 Å². The SMILES string of the molecule is Nc1cnc(OC2CCN(C(=O)O)C2)nc1. The van der Waals surface area contributed by atoms with E-state index in [1.807, 2.05) is 0 Å². The molecule has 1 atom stereocenters. The number of ether oxygens (including phenoxy) is 1. The standard InChI is InChI=1S/C9H12N4O3/c10-6-3-11-8(12-4-6)16-7-1-2-13(5-7)9(14)15/h3-4,7H,1-2,5,10H2,(H,14,15). The summed E-state index contributed by atoms with van der Waals surface area (Å²) in [5.74, 6) is 0. The van der Waals surface area contributed by atoms with Crippen molar-refractivity contribution in [2.24, 2.45) is 0 Å². The number of hydrogen-bond donors (Lipinski definition) is 2. The highest BCUT2D eigenvalue weighted by Gasteiger charge is 2.27. The maximum Gasteiger partial charge on any atom is 0.407 e. The molecule has 7 nitrogen and oxygen atoms in total. The Labute approximate surface area is 91.9 Å². The van der Waals surface area contributed by atoms with Gasteiger partial charge < -0.3 is 20.5 Å². The van der Waals surface area contributed by atoms with E-state index in [1.54, 1.807) is 0 Å². The fourth-order valence-electron chi connectivity index (χ4n) is 1.53. The topological polar surface area (TPSA) is 102 Å². The number of hydrogen-bond acceptors (Lipinski definition) is 5. The highest BCUT2D eigenvalue weighted by molar-refractivity contribution is 5.65. The molecule has 2 rings (SSSR count). The second-order valence-electron chi connectivity index (χ2n) is 3.56. The van der Waals surface area contributed by atoms with Gasteiger partial charge in [-0.25, -0.2) is 14.8 Å². The summed E-state index contributed by atoms with van der Waals surface area (Å²) in [5.41, 5.74) is 5.89. The van der Waals surface area contributed by atoms with Crippen molar-refractivity contribution >= 4 is 11.8 Å². The molecule has 16 heavy (non-hydrogen) atoms. The molecule has 1 unspecified atom stereocenters. The third-order valence-electron chi connectivity index (χ3n) is 2.34. The number of anilines is 1. The summed E-state index contributed by atoms with van der Waals surface area (Å²) in [6, 6.07) is 0.228. The highest BCUT2D eigenvalue weighted by atomic mass is 16.5. The van der Waals surface area contributed by atoms with Crippen molar-refractivity contribution in [3.63, 3.8) is 0 Å². The first-order valence-corrected chi connectivity index (χ1v) is 4.87. The minimum atomic E-state index is -0.927. The lowest BCUT2D eigenvalue weighted by atomic mass is 10.3. The van der Waals surface area contributed by atoms with Gasteiger partial charge >= 0.3 is 12.1 Å². The van der Waals surface area contributed by atoms with Crippen LogP contribution in [0, 0.1) is 0 Å². The van der Waals surface area contributed by atoms with E-state index < -0.39 is 6.09 Å². The summed E-state index contributed by atoms with van der Waals surface area (Å²) < 4.78 is 5.43. The van der Waals surface area contributed by atoms with Crippen molar-refractivity contribution in [2.75, 3.05) is 18.8 Å². The molecule has 1 amide bonds. The van der Waals surface area contributed by atoms with Gasteiger partial charge in [-0.05, 0) is 0 Å². The Hall–Kier alpha value is -2.05. The van der Waals surface area contributed by atoms with Gasteiger partial charge in [0.25, 0.3) is 0 Å². The monoisotopic (exact) mass is 224 g/mol. The Kier molecular flexibility index (Phi) is 2.76. The summed E-state index contributed by atoms with van der Waals surface area (Å²) in [6.07, 6.45) is 2.45. The zero-order valence-electron chi connectivity index (χ0n) is 8.54. The first kappa shape index (κ1) is 10.5. The lowest BCUT2D eigenvalue weighted by Crippen LogP contribution is -2.29. The molecule has 86 valence electrons. The van der Waals surface area contributed by atoms with Crippen LogP contribution in [0.15, 0.2) is 12.4 Å². The number of carboxylic acid groups (broad SMARTS) is 1. The molecule has 0 radical (unpaired) electrons. The van der Waals surface area contributed by atoms with Gasteiger partial charge in [-0.1, -0.05) is 0 Å². The van der Waals surface area contributed by atoms with E-state index in [2.05, 4.69) is 9.97 Å². The van der Waals surface area contributed by atoms with Gasteiger partial charge in [-0.3, -0.25) is 0 Å². The van der Waals surface area contributed by atoms with E-state index in [-0.39, 0.29) is 12.1 Å². The predicted octanol–water partition coefficient (Wildman–Crippen LogP) is 0.190. The van der Waals surface area contributed by atoms with Crippen molar-refractivity contribution in [3.8, 4) is 6.01 Å². The average molecular weight is 224 g/mol. The fourth-order valence-corrected chi connectivity index (χ4v) is 1.53. The van der Waals surface area contributed by atoms with Crippen LogP contribution in [0.3, 0.4) is 0 Å². The first-order chi connectivity index (χ1) is 7.65. The van der Waals surface area contributed by atoms with Crippen LogP contribution in [-0.2, 0) is 0 Å². The molecule has 3 N–H and O–H groups in total. The van der Waals surface area contributed by atoms with Crippen LogP contribution in [0.2, 0.25) is 0 Å². The molecule has 1 aromatic heterocycles. The molecule has 0 saturated carbocycles. The van der Waals surface area contributed by atoms with Crippen LogP contribution in [0.4, 0.5) is 10.5 Å². The van der Waals surface area contributed by atoms with Gasteiger partial charge in [-0.15, -0.1) is 0 Å². The molecular formula is C9H12N4O3. The van der Waals surface area contributed by atoms with E-state index in [0.717, 1.165) is 0 Å². The average Bonchev–Trinajstić information content (AvgIpc) is 2.70. The van der Waals surface area contributed by atoms with Crippen LogP contribution in [0.5, 0.6) is 6.01 Å². The number of nitrogen functional groups attached to an aromatic ring is 1. The Morgan fingerprint density at radius 3 is 2.81 bits per heavy atom. The highest BCUT2D eigenvalue weighted by Crippen LogP contribution is 2.15. The number of rotatable bonds is 2. The molecule has 0 spiro atoms. The molecule has 1 aliphatic heterocycles. The van der Waals surface area contributed by atoms with Crippen LogP contribution >= 0.6 is 0 Å². The molecule has 1 fully saturated rings. The van der Waals surface area contributed by atoms with E-state index in [1.165, 1.54) is 17.3 Å². The van der Waals surface area contributed by atoms with E-state index in [0.29, 0.717) is 25.2 Å². The van der Waals surface area contributed by atoms with E-state index in [9.17, 15) is 4.79 Å². The number of carbonyl (C=O) groups is 1. The molecule has 0 bridgehead atoms. The second-order valence-corrected chi connectivity index (χ2v) is 3.56. The molecule has 7 heteroatoms. The molecule has 0 aromatic carbocycles. The maximum absolute atomic E-state index is 10.7. The van der Waals surface area contributed by atoms with E-state index in [4.69, 9.17) is 15.6 Å². The summed E-state index contributed by atoms with van der Waals surface area (Å²) in [6.45, 7) is 0.831. The smallest absolute Gasteiger partial charge is 0.407 e. The molecule has 1 aliphatic rings. The lowest BCUT2D eigenvalue weighted by molar-refractivity contribution is 0.143. The molecule has 1 aromatic rings. The maximum atomic E-state index is 10.7. The van der Waals surface area contributed by atoms with Gasteiger partial charge in [0, 0.05) is 13.0 Å². The minimum absolute atomic E-state index is 0.181. The quantitative estimate of drug-likeness (QED) is 0.743. The predicted molar refractivity (Wildman–Crippen MR) is 55.1 cm³/mol. The zero-order chi connectivity index (χ0) is 11.5. The van der Waals surface area contributed by atoms with Crippen molar-refractivity contribution in [3.05, 3.63) is 12.4 Å². The Bertz CT molecular complexity index is 381. The van der Waals surface area contributed by atoms with Crippen LogP contribution in [-0.4, -0.2) is 45.3 Å². The number of aromatic nitrogens is 2.